The number of furan rings is 1. The highest BCUT2D eigenvalue weighted by Crippen LogP contribution is 2.32. The fourth-order valence-corrected chi connectivity index (χ4v) is 2.09. The molecule has 0 aliphatic heterocycles. The molecule has 0 atom stereocenters. The number of nitrogens with zero attached hydrogens (tertiary/aromatic N) is 1. The van der Waals surface area contributed by atoms with Crippen LogP contribution in [-0.4, -0.2) is 17.4 Å². The maximum Gasteiger partial charge on any atom is 0.290 e. The van der Waals surface area contributed by atoms with E-state index in [0.717, 1.165) is 11.8 Å². The molecule has 2 aromatic rings. The summed E-state index contributed by atoms with van der Waals surface area (Å²) in [5, 5.41) is 13.2. The van der Waals surface area contributed by atoms with Crippen molar-refractivity contribution in [1.82, 2.24) is 5.32 Å². The summed E-state index contributed by atoms with van der Waals surface area (Å²) < 4.78 is 5.13. The SMILES string of the molecule is O=C(NCCc1ccco1)c1cc(Cl)c(Cl)c([N+](=O)[O-])c1. The number of hydrogen-bond acceptors (Lipinski definition) is 4. The van der Waals surface area contributed by atoms with E-state index >= 15 is 0 Å². The molecule has 2 rings (SSSR count). The van der Waals surface area contributed by atoms with Gasteiger partial charge in [0.15, 0.2) is 0 Å². The Balaban J connectivity index is 2.07. The number of carbonyl (C=O) groups excluding carboxylic acids is 1. The van der Waals surface area contributed by atoms with Crippen molar-refractivity contribution in [3.05, 3.63) is 62.0 Å². The van der Waals surface area contributed by atoms with E-state index in [1.165, 1.54) is 6.07 Å². The summed E-state index contributed by atoms with van der Waals surface area (Å²) in [5.74, 6) is 0.263. The first-order valence-electron chi connectivity index (χ1n) is 5.93. The van der Waals surface area contributed by atoms with Crippen molar-refractivity contribution in [3.8, 4) is 0 Å². The van der Waals surface area contributed by atoms with E-state index in [0.29, 0.717) is 13.0 Å². The zero-order valence-corrected chi connectivity index (χ0v) is 12.1. The van der Waals surface area contributed by atoms with Crippen LogP contribution in [0.4, 0.5) is 5.69 Å². The number of benzene rings is 1. The third kappa shape index (κ3) is 3.74. The molecule has 0 radical (unpaired) electrons. The van der Waals surface area contributed by atoms with Gasteiger partial charge in [0.05, 0.1) is 16.2 Å². The first-order valence-corrected chi connectivity index (χ1v) is 6.68. The van der Waals surface area contributed by atoms with Gasteiger partial charge in [0.25, 0.3) is 11.6 Å². The van der Waals surface area contributed by atoms with E-state index in [4.69, 9.17) is 27.6 Å². The van der Waals surface area contributed by atoms with E-state index in [-0.39, 0.29) is 15.6 Å². The molecule has 1 aromatic heterocycles. The molecule has 0 spiro atoms. The van der Waals surface area contributed by atoms with Gasteiger partial charge in [-0.25, -0.2) is 0 Å². The Morgan fingerprint density at radius 1 is 1.38 bits per heavy atom. The van der Waals surface area contributed by atoms with Crippen molar-refractivity contribution in [2.24, 2.45) is 0 Å². The molecule has 1 aromatic carbocycles. The van der Waals surface area contributed by atoms with Crippen LogP contribution in [0, 0.1) is 10.1 Å². The lowest BCUT2D eigenvalue weighted by Gasteiger charge is -2.06. The van der Waals surface area contributed by atoms with Gasteiger partial charge in [-0.3, -0.25) is 14.9 Å². The normalized spacial score (nSPS) is 10.4. The molecule has 1 N–H and O–H groups in total. The summed E-state index contributed by atoms with van der Waals surface area (Å²) in [4.78, 5) is 22.1. The molecule has 21 heavy (non-hydrogen) atoms. The quantitative estimate of drug-likeness (QED) is 0.672. The number of halogens is 2. The Morgan fingerprint density at radius 3 is 2.76 bits per heavy atom. The molecule has 110 valence electrons. The molecular formula is C13H10Cl2N2O4. The van der Waals surface area contributed by atoms with Crippen LogP contribution >= 0.6 is 23.2 Å². The summed E-state index contributed by atoms with van der Waals surface area (Å²) in [6.07, 6.45) is 2.06. The summed E-state index contributed by atoms with van der Waals surface area (Å²) in [5.41, 5.74) is -0.323. The number of rotatable bonds is 5. The zero-order valence-electron chi connectivity index (χ0n) is 10.6. The number of amides is 1. The van der Waals surface area contributed by atoms with Crippen molar-refractivity contribution < 1.29 is 14.1 Å². The maximum atomic E-state index is 11.9. The highest BCUT2D eigenvalue weighted by Gasteiger charge is 2.19. The minimum absolute atomic E-state index is 0.0398. The Morgan fingerprint density at radius 2 is 2.14 bits per heavy atom. The number of carbonyl (C=O) groups is 1. The largest absolute Gasteiger partial charge is 0.469 e. The van der Waals surface area contributed by atoms with Gasteiger partial charge in [-0.2, -0.15) is 0 Å². The number of nitrogens with one attached hydrogen (secondary N) is 1. The molecule has 0 unspecified atom stereocenters. The van der Waals surface area contributed by atoms with Gasteiger partial charge in [0.2, 0.25) is 0 Å². The second kappa shape index (κ2) is 6.60. The van der Waals surface area contributed by atoms with Gasteiger partial charge >= 0.3 is 0 Å². The first-order chi connectivity index (χ1) is 9.99. The molecule has 0 saturated carbocycles. The topological polar surface area (TPSA) is 85.4 Å². The van der Waals surface area contributed by atoms with Crippen LogP contribution in [-0.2, 0) is 6.42 Å². The zero-order chi connectivity index (χ0) is 15.4. The third-order valence-electron chi connectivity index (χ3n) is 2.70. The Bertz CT molecular complexity index is 671. The van der Waals surface area contributed by atoms with Gasteiger partial charge in [-0.1, -0.05) is 23.2 Å². The third-order valence-corrected chi connectivity index (χ3v) is 3.50. The monoisotopic (exact) mass is 328 g/mol. The van der Waals surface area contributed by atoms with Crippen LogP contribution in [0.25, 0.3) is 0 Å². The van der Waals surface area contributed by atoms with E-state index in [1.54, 1.807) is 18.4 Å². The van der Waals surface area contributed by atoms with E-state index in [1.807, 2.05) is 0 Å². The highest BCUT2D eigenvalue weighted by atomic mass is 35.5. The lowest BCUT2D eigenvalue weighted by atomic mass is 10.2. The Hall–Kier alpha value is -2.05. The van der Waals surface area contributed by atoms with Crippen LogP contribution in [0.2, 0.25) is 10.0 Å². The van der Waals surface area contributed by atoms with Crippen molar-refractivity contribution in [1.29, 1.82) is 0 Å². The fraction of sp³-hybridized carbons (Fsp3) is 0.154. The molecule has 1 amide bonds. The number of nitro groups is 1. The molecule has 0 aliphatic carbocycles. The molecule has 1 heterocycles. The maximum absolute atomic E-state index is 11.9. The van der Waals surface area contributed by atoms with Crippen LogP contribution in [0.1, 0.15) is 16.1 Å². The summed E-state index contributed by atoms with van der Waals surface area (Å²) in [6.45, 7) is 0.334. The minimum atomic E-state index is -0.687. The van der Waals surface area contributed by atoms with Crippen molar-refractivity contribution in [2.45, 2.75) is 6.42 Å². The van der Waals surface area contributed by atoms with Gasteiger partial charge in [0, 0.05) is 24.6 Å². The first kappa shape index (κ1) is 15.3. The van der Waals surface area contributed by atoms with Gasteiger partial charge < -0.3 is 9.73 Å². The van der Waals surface area contributed by atoms with Gasteiger partial charge in [-0.05, 0) is 18.2 Å². The lowest BCUT2D eigenvalue weighted by Crippen LogP contribution is -2.25. The predicted molar refractivity (Wildman–Crippen MR) is 77.9 cm³/mol. The van der Waals surface area contributed by atoms with E-state index < -0.39 is 16.5 Å². The van der Waals surface area contributed by atoms with Crippen LogP contribution in [0.5, 0.6) is 0 Å². The van der Waals surface area contributed by atoms with Crippen molar-refractivity contribution >= 4 is 34.8 Å². The fourth-order valence-electron chi connectivity index (χ4n) is 1.69. The minimum Gasteiger partial charge on any atom is -0.469 e. The number of hydrogen-bond donors (Lipinski definition) is 1. The van der Waals surface area contributed by atoms with E-state index in [9.17, 15) is 14.9 Å². The smallest absolute Gasteiger partial charge is 0.290 e. The molecule has 0 bridgehead atoms. The van der Waals surface area contributed by atoms with Gasteiger partial charge in [-0.15, -0.1) is 0 Å². The van der Waals surface area contributed by atoms with Crippen LogP contribution in [0.15, 0.2) is 34.9 Å². The molecule has 6 nitrogen and oxygen atoms in total. The van der Waals surface area contributed by atoms with Crippen LogP contribution in [0.3, 0.4) is 0 Å². The molecule has 0 aliphatic rings. The summed E-state index contributed by atoms with van der Waals surface area (Å²) in [7, 11) is 0. The van der Waals surface area contributed by atoms with Crippen LogP contribution < -0.4 is 5.32 Å². The lowest BCUT2D eigenvalue weighted by molar-refractivity contribution is -0.384. The van der Waals surface area contributed by atoms with Crippen molar-refractivity contribution in [3.63, 3.8) is 0 Å². The molecule has 0 saturated heterocycles. The number of nitro benzene ring substituents is 1. The second-order valence-electron chi connectivity index (χ2n) is 4.13. The Kier molecular flexibility index (Phi) is 4.82. The average Bonchev–Trinajstić information content (AvgIpc) is 2.94. The standard InChI is InChI=1S/C13H10Cl2N2O4/c14-10-6-8(7-11(12(10)15)17(19)20)13(18)16-4-3-9-2-1-5-21-9/h1-2,5-7H,3-4H2,(H,16,18). The predicted octanol–water partition coefficient (Wildman–Crippen LogP) is 3.47. The second-order valence-corrected chi connectivity index (χ2v) is 4.92. The summed E-state index contributed by atoms with van der Waals surface area (Å²) >= 11 is 11.5. The molecular weight excluding hydrogens is 319 g/mol. The van der Waals surface area contributed by atoms with E-state index in [2.05, 4.69) is 5.32 Å². The van der Waals surface area contributed by atoms with Crippen molar-refractivity contribution in [2.75, 3.05) is 6.54 Å². The average molecular weight is 329 g/mol. The highest BCUT2D eigenvalue weighted by molar-refractivity contribution is 6.43. The van der Waals surface area contributed by atoms with Gasteiger partial charge in [0.1, 0.15) is 10.8 Å². The molecule has 8 heteroatoms. The molecule has 0 fully saturated rings. The summed E-state index contributed by atoms with van der Waals surface area (Å²) in [6, 6.07) is 5.92. The Labute approximate surface area is 129 Å².